The highest BCUT2D eigenvalue weighted by molar-refractivity contribution is 5.40. The highest BCUT2D eigenvalue weighted by atomic mass is 16.5. The maximum Gasteiger partial charge on any atom is 0.156 e. The first-order chi connectivity index (χ1) is 13.4. The molecule has 0 saturated heterocycles. The van der Waals surface area contributed by atoms with Gasteiger partial charge in [0, 0.05) is 25.9 Å². The quantitative estimate of drug-likeness (QED) is 0.451. The van der Waals surface area contributed by atoms with Gasteiger partial charge in [-0.1, -0.05) is 62.7 Å². The lowest BCUT2D eigenvalue weighted by Crippen LogP contribution is -2.48. The minimum atomic E-state index is -0.494. The Morgan fingerprint density at radius 3 is 1.67 bits per heavy atom. The molecule has 0 amide bonds. The summed E-state index contributed by atoms with van der Waals surface area (Å²) in [6.45, 7) is 0.805. The van der Waals surface area contributed by atoms with Crippen LogP contribution in [0.1, 0.15) is 109 Å². The number of fused-ring (bicyclic) bond motifs is 1. The SMILES string of the molecule is C1#CC2(C#CCCCCCC2)C2(C#CCCCCCC2)OCCCCCC1. The minimum absolute atomic E-state index is 0.404. The summed E-state index contributed by atoms with van der Waals surface area (Å²) in [5.74, 6) is 21.6. The van der Waals surface area contributed by atoms with Gasteiger partial charge in [-0.3, -0.25) is 0 Å². The van der Waals surface area contributed by atoms with E-state index in [2.05, 4.69) is 35.5 Å². The van der Waals surface area contributed by atoms with Crippen LogP contribution in [0.2, 0.25) is 0 Å². The standard InChI is InChI=1S/C26H36O/c1-2-8-14-20-25(19-13-7-1)21-15-9-5-6-12-18-24-27-26(25)22-16-10-3-4-11-17-23-26/h1-13,16,18-19,22,24H2. The van der Waals surface area contributed by atoms with E-state index in [4.69, 9.17) is 4.74 Å². The van der Waals surface area contributed by atoms with Gasteiger partial charge in [0.25, 0.3) is 0 Å². The van der Waals surface area contributed by atoms with Gasteiger partial charge in [-0.25, -0.2) is 0 Å². The van der Waals surface area contributed by atoms with Crippen molar-refractivity contribution in [1.29, 1.82) is 0 Å². The third-order valence-corrected chi connectivity index (χ3v) is 6.31. The van der Waals surface area contributed by atoms with Crippen LogP contribution in [0.5, 0.6) is 0 Å². The number of hydrogen-bond donors (Lipinski definition) is 0. The lowest BCUT2D eigenvalue weighted by Gasteiger charge is -2.41. The molecule has 0 N–H and O–H groups in total. The summed E-state index contributed by atoms with van der Waals surface area (Å²) < 4.78 is 6.75. The molecule has 1 heteroatoms. The molecule has 2 aliphatic carbocycles. The van der Waals surface area contributed by atoms with Crippen LogP contribution in [0, 0.1) is 40.9 Å². The first-order valence-electron chi connectivity index (χ1n) is 11.5. The lowest BCUT2D eigenvalue weighted by atomic mass is 9.67. The third-order valence-electron chi connectivity index (χ3n) is 6.31. The lowest BCUT2D eigenvalue weighted by molar-refractivity contribution is -0.0616. The van der Waals surface area contributed by atoms with Crippen molar-refractivity contribution < 1.29 is 4.74 Å². The van der Waals surface area contributed by atoms with Gasteiger partial charge in [-0.15, -0.1) is 17.8 Å². The van der Waals surface area contributed by atoms with Gasteiger partial charge in [0.1, 0.15) is 5.41 Å². The van der Waals surface area contributed by atoms with Crippen molar-refractivity contribution >= 4 is 0 Å². The van der Waals surface area contributed by atoms with Crippen molar-refractivity contribution in [2.24, 2.45) is 5.41 Å². The van der Waals surface area contributed by atoms with Gasteiger partial charge in [0.2, 0.25) is 0 Å². The van der Waals surface area contributed by atoms with Crippen molar-refractivity contribution in [2.75, 3.05) is 6.61 Å². The first-order valence-corrected chi connectivity index (χ1v) is 11.5. The summed E-state index contributed by atoms with van der Waals surface area (Å²) in [7, 11) is 0. The summed E-state index contributed by atoms with van der Waals surface area (Å²) in [4.78, 5) is 0. The predicted molar refractivity (Wildman–Crippen MR) is 113 cm³/mol. The molecule has 1 nitrogen and oxygen atoms in total. The molecule has 0 aromatic heterocycles. The van der Waals surface area contributed by atoms with Crippen LogP contribution >= 0.6 is 0 Å². The maximum atomic E-state index is 6.75. The van der Waals surface area contributed by atoms with Crippen LogP contribution in [0.3, 0.4) is 0 Å². The smallest absolute Gasteiger partial charge is 0.156 e. The number of rotatable bonds is 0. The monoisotopic (exact) mass is 364 g/mol. The fraction of sp³-hybridized carbons (Fsp3) is 0.769. The van der Waals surface area contributed by atoms with Crippen molar-refractivity contribution in [3.05, 3.63) is 0 Å². The molecule has 0 bridgehead atoms. The molecule has 0 aromatic carbocycles. The van der Waals surface area contributed by atoms with E-state index in [1.54, 1.807) is 0 Å². The molecule has 0 saturated carbocycles. The molecule has 2 atom stereocenters. The summed E-state index contributed by atoms with van der Waals surface area (Å²) >= 11 is 0. The Hall–Kier alpha value is -1.36. The minimum Gasteiger partial charge on any atom is -0.360 e. The third kappa shape index (κ3) is 5.56. The van der Waals surface area contributed by atoms with Crippen LogP contribution in [0.15, 0.2) is 0 Å². The second-order valence-corrected chi connectivity index (χ2v) is 8.48. The average Bonchev–Trinajstić information content (AvgIpc) is 2.86. The molecule has 1 heterocycles. The molecule has 2 spiro atoms. The van der Waals surface area contributed by atoms with E-state index in [1.807, 2.05) is 0 Å². The van der Waals surface area contributed by atoms with Gasteiger partial charge in [0.05, 0.1) is 0 Å². The normalized spacial score (nSPS) is 32.9. The largest absolute Gasteiger partial charge is 0.360 e. The van der Waals surface area contributed by atoms with Gasteiger partial charge in [-0.2, -0.15) is 0 Å². The van der Waals surface area contributed by atoms with Gasteiger partial charge in [0.15, 0.2) is 5.60 Å². The zero-order valence-electron chi connectivity index (χ0n) is 17.1. The molecule has 3 rings (SSSR count). The Morgan fingerprint density at radius 2 is 1.00 bits per heavy atom. The summed E-state index contributed by atoms with van der Waals surface area (Å²) in [6, 6.07) is 0. The van der Waals surface area contributed by atoms with Gasteiger partial charge in [-0.05, 0) is 44.9 Å². The van der Waals surface area contributed by atoms with Gasteiger partial charge < -0.3 is 4.74 Å². The maximum absolute atomic E-state index is 6.75. The Labute approximate surface area is 167 Å². The highest BCUT2D eigenvalue weighted by Gasteiger charge is 2.49. The molecule has 3 aliphatic rings. The van der Waals surface area contributed by atoms with Crippen molar-refractivity contribution in [3.63, 3.8) is 0 Å². The second kappa shape index (κ2) is 10.8. The fourth-order valence-corrected chi connectivity index (χ4v) is 4.62. The number of ether oxygens (including phenoxy) is 1. The van der Waals surface area contributed by atoms with Crippen LogP contribution in [0.4, 0.5) is 0 Å². The number of hydrogen-bond acceptors (Lipinski definition) is 1. The Morgan fingerprint density at radius 1 is 0.481 bits per heavy atom. The molecule has 2 unspecified atom stereocenters. The summed E-state index contributed by atoms with van der Waals surface area (Å²) in [6.07, 6.45) is 19.7. The predicted octanol–water partition coefficient (Wildman–Crippen LogP) is 6.41. The zero-order chi connectivity index (χ0) is 18.7. The van der Waals surface area contributed by atoms with E-state index in [9.17, 15) is 0 Å². The zero-order valence-corrected chi connectivity index (χ0v) is 17.1. The Bertz CT molecular complexity index is 643. The molecule has 1 aliphatic heterocycles. The molecular formula is C26H36O. The van der Waals surface area contributed by atoms with Crippen LogP contribution in [-0.4, -0.2) is 12.2 Å². The van der Waals surface area contributed by atoms with Crippen molar-refractivity contribution in [2.45, 2.75) is 115 Å². The van der Waals surface area contributed by atoms with E-state index < -0.39 is 11.0 Å². The van der Waals surface area contributed by atoms with Crippen molar-refractivity contribution in [1.82, 2.24) is 0 Å². The molecule has 27 heavy (non-hydrogen) atoms. The van der Waals surface area contributed by atoms with Crippen LogP contribution < -0.4 is 0 Å². The fourth-order valence-electron chi connectivity index (χ4n) is 4.62. The van der Waals surface area contributed by atoms with E-state index in [-0.39, 0.29) is 0 Å². The van der Waals surface area contributed by atoms with E-state index in [0.717, 1.165) is 45.1 Å². The average molecular weight is 365 g/mol. The van der Waals surface area contributed by atoms with Gasteiger partial charge >= 0.3 is 0 Å². The van der Waals surface area contributed by atoms with E-state index in [0.29, 0.717) is 0 Å². The van der Waals surface area contributed by atoms with E-state index in [1.165, 1.54) is 70.6 Å². The molecule has 0 fully saturated rings. The molecule has 146 valence electrons. The topological polar surface area (TPSA) is 9.23 Å². The first kappa shape index (κ1) is 20.4. The van der Waals surface area contributed by atoms with Crippen LogP contribution in [0.25, 0.3) is 0 Å². The molecular weight excluding hydrogens is 328 g/mol. The Kier molecular flexibility index (Phi) is 8.18. The van der Waals surface area contributed by atoms with Crippen LogP contribution in [-0.2, 0) is 4.74 Å². The molecule has 0 aromatic rings. The second-order valence-electron chi connectivity index (χ2n) is 8.48. The van der Waals surface area contributed by atoms with E-state index >= 15 is 0 Å². The highest BCUT2D eigenvalue weighted by Crippen LogP contribution is 2.44. The van der Waals surface area contributed by atoms with Crippen molar-refractivity contribution in [3.8, 4) is 35.5 Å². The molecule has 0 radical (unpaired) electrons. The Balaban J connectivity index is 2.06. The summed E-state index contributed by atoms with van der Waals surface area (Å²) in [5, 5.41) is 0. The summed E-state index contributed by atoms with van der Waals surface area (Å²) in [5.41, 5.74) is -0.898.